The minimum absolute atomic E-state index is 0.0122. The molecule has 1 saturated heterocycles. The number of aromatic carboxylic acids is 1. The fourth-order valence-electron chi connectivity index (χ4n) is 4.54. The van der Waals surface area contributed by atoms with Gasteiger partial charge < -0.3 is 14.8 Å². The van der Waals surface area contributed by atoms with Crippen LogP contribution in [0.25, 0.3) is 0 Å². The Bertz CT molecular complexity index is 1330. The second-order valence-corrected chi connectivity index (χ2v) is 9.92. The van der Waals surface area contributed by atoms with E-state index in [0.717, 1.165) is 31.7 Å². The number of nitrogens with zero attached hydrogens (tertiary/aromatic N) is 1. The number of aromatic nitrogens is 1. The number of imide groups is 1. The number of nitrogens with one attached hydrogen (secondary N) is 1. The number of benzene rings is 2. The number of fused-ring (bicyclic) bond motifs is 1. The molecule has 168 valence electrons. The van der Waals surface area contributed by atoms with Crippen molar-refractivity contribution in [3.63, 3.8) is 0 Å². The molecule has 33 heavy (non-hydrogen) atoms. The molecule has 0 unspecified atom stereocenters. The van der Waals surface area contributed by atoms with Crippen LogP contribution in [0.15, 0.2) is 58.4 Å². The van der Waals surface area contributed by atoms with Gasteiger partial charge in [0.1, 0.15) is 5.75 Å². The van der Waals surface area contributed by atoms with E-state index in [0.29, 0.717) is 17.2 Å². The van der Waals surface area contributed by atoms with Crippen molar-refractivity contribution < 1.29 is 24.2 Å². The molecule has 2 aliphatic rings. The van der Waals surface area contributed by atoms with Gasteiger partial charge >= 0.3 is 10.8 Å². The average Bonchev–Trinajstić information content (AvgIpc) is 3.30. The molecule has 0 aliphatic carbocycles. The molecule has 0 radical (unpaired) electrons. The Balaban J connectivity index is 1.61. The van der Waals surface area contributed by atoms with Gasteiger partial charge in [-0.2, -0.15) is 0 Å². The summed E-state index contributed by atoms with van der Waals surface area (Å²) >= 11 is 2.43. The van der Waals surface area contributed by atoms with Gasteiger partial charge in [-0.3, -0.25) is 14.4 Å². The van der Waals surface area contributed by atoms with Crippen molar-refractivity contribution >= 4 is 46.6 Å². The van der Waals surface area contributed by atoms with E-state index in [1.807, 2.05) is 12.1 Å². The number of thioether (sulfide) groups is 1. The minimum atomic E-state index is -1.09. The number of anilines is 1. The summed E-state index contributed by atoms with van der Waals surface area (Å²) in [5.74, 6) is -1.28. The monoisotopic (exact) mass is 482 g/mol. The lowest BCUT2D eigenvalue weighted by Gasteiger charge is -2.38. The van der Waals surface area contributed by atoms with Crippen LogP contribution in [0.4, 0.5) is 5.69 Å². The van der Waals surface area contributed by atoms with E-state index in [1.54, 1.807) is 19.2 Å². The molecule has 0 saturated carbocycles. The Hall–Kier alpha value is -3.37. The summed E-state index contributed by atoms with van der Waals surface area (Å²) in [4.78, 5) is 54.9. The number of hydrogen-bond acceptors (Lipinski definition) is 7. The first-order valence-corrected chi connectivity index (χ1v) is 11.8. The summed E-state index contributed by atoms with van der Waals surface area (Å²) < 4.78 is 5.26. The first kappa shape index (κ1) is 21.5. The van der Waals surface area contributed by atoms with E-state index >= 15 is 0 Å². The van der Waals surface area contributed by atoms with E-state index < -0.39 is 17.3 Å². The molecular weight excluding hydrogens is 464 g/mol. The number of rotatable bonds is 4. The van der Waals surface area contributed by atoms with Gasteiger partial charge in [-0.1, -0.05) is 23.5 Å². The van der Waals surface area contributed by atoms with Gasteiger partial charge in [0, 0.05) is 23.0 Å². The van der Waals surface area contributed by atoms with Crippen LogP contribution in [0.5, 0.6) is 5.75 Å². The van der Waals surface area contributed by atoms with E-state index in [9.17, 15) is 19.2 Å². The van der Waals surface area contributed by atoms with Gasteiger partial charge in [-0.25, -0.2) is 9.69 Å². The highest BCUT2D eigenvalue weighted by atomic mass is 32.2. The first-order valence-electron chi connectivity index (χ1n) is 10.0. The van der Waals surface area contributed by atoms with Crippen molar-refractivity contribution in [1.82, 2.24) is 4.98 Å². The van der Waals surface area contributed by atoms with Crippen molar-refractivity contribution in [3.05, 3.63) is 74.2 Å². The third-order valence-electron chi connectivity index (χ3n) is 6.10. The molecule has 8 nitrogen and oxygen atoms in total. The Morgan fingerprint density at radius 3 is 2.45 bits per heavy atom. The summed E-state index contributed by atoms with van der Waals surface area (Å²) in [6.07, 6.45) is -0.0122. The van der Waals surface area contributed by atoms with Gasteiger partial charge in [-0.05, 0) is 42.0 Å². The summed E-state index contributed by atoms with van der Waals surface area (Å²) in [5.41, 5.74) is 0.147. The molecule has 3 aromatic rings. The van der Waals surface area contributed by atoms with Crippen LogP contribution in [0.2, 0.25) is 0 Å². The molecule has 5 rings (SSSR count). The molecule has 0 bridgehead atoms. The van der Waals surface area contributed by atoms with Crippen LogP contribution >= 0.6 is 23.1 Å². The second-order valence-electron chi connectivity index (χ2n) is 7.92. The summed E-state index contributed by atoms with van der Waals surface area (Å²) in [7, 11) is 1.57. The van der Waals surface area contributed by atoms with Crippen molar-refractivity contribution in [2.75, 3.05) is 17.8 Å². The molecule has 1 aromatic heterocycles. The van der Waals surface area contributed by atoms with Gasteiger partial charge in [0.15, 0.2) is 0 Å². The maximum absolute atomic E-state index is 13.9. The predicted octanol–water partition coefficient (Wildman–Crippen LogP) is 3.33. The third kappa shape index (κ3) is 3.37. The van der Waals surface area contributed by atoms with E-state index in [4.69, 9.17) is 9.84 Å². The van der Waals surface area contributed by atoms with E-state index in [-0.39, 0.29) is 28.7 Å². The zero-order valence-corrected chi connectivity index (χ0v) is 19.0. The van der Waals surface area contributed by atoms with Gasteiger partial charge in [0.05, 0.1) is 28.8 Å². The standard InChI is InChI=1S/C23H18N2O6S2/c1-31-15-8-4-12(5-9-15)17-18-19(24-22(30)33-18)32-11-23(17)10-16(26)25(21(23)29)14-6-2-13(3-7-14)20(27)28/h2-9,17H,10-11H2,1H3,(H,24,30)(H,27,28)/t17-,23-/m1/s1. The topological polar surface area (TPSA) is 117 Å². The number of H-pyrrole nitrogens is 1. The van der Waals surface area contributed by atoms with Crippen LogP contribution < -0.4 is 14.5 Å². The minimum Gasteiger partial charge on any atom is -0.497 e. The van der Waals surface area contributed by atoms with Crippen LogP contribution in [-0.2, 0) is 9.59 Å². The molecule has 2 N–H and O–H groups in total. The Kier molecular flexibility index (Phi) is 5.13. The Morgan fingerprint density at radius 1 is 1.12 bits per heavy atom. The molecule has 1 spiro atoms. The van der Waals surface area contributed by atoms with Gasteiger partial charge in [-0.15, -0.1) is 11.8 Å². The first-order chi connectivity index (χ1) is 15.8. The van der Waals surface area contributed by atoms with Crippen molar-refractivity contribution in [2.45, 2.75) is 17.4 Å². The van der Waals surface area contributed by atoms with E-state index in [1.165, 1.54) is 36.0 Å². The number of aromatic amines is 1. The fraction of sp³-hybridized carbons (Fsp3) is 0.217. The number of thiazole rings is 1. The molecule has 3 heterocycles. The molecule has 2 aliphatic heterocycles. The highest BCUT2D eigenvalue weighted by Crippen LogP contribution is 2.57. The number of carbonyl (C=O) groups excluding carboxylic acids is 2. The number of carboxylic acid groups (broad SMARTS) is 1. The van der Waals surface area contributed by atoms with Crippen molar-refractivity contribution in [1.29, 1.82) is 0 Å². The van der Waals surface area contributed by atoms with Crippen LogP contribution in [-0.4, -0.2) is 40.7 Å². The maximum atomic E-state index is 13.9. The van der Waals surface area contributed by atoms with E-state index in [2.05, 4.69) is 4.98 Å². The number of carboxylic acids is 1. The zero-order valence-electron chi connectivity index (χ0n) is 17.4. The fourth-order valence-corrected chi connectivity index (χ4v) is 7.10. The number of ether oxygens (including phenoxy) is 1. The van der Waals surface area contributed by atoms with Crippen molar-refractivity contribution in [3.8, 4) is 5.75 Å². The quantitative estimate of drug-likeness (QED) is 0.548. The molecule has 2 atom stereocenters. The Labute approximate surface area is 196 Å². The normalized spacial score (nSPS) is 22.0. The largest absolute Gasteiger partial charge is 0.497 e. The summed E-state index contributed by atoms with van der Waals surface area (Å²) in [5, 5.41) is 9.87. The highest BCUT2D eigenvalue weighted by Gasteiger charge is 2.59. The third-order valence-corrected chi connectivity index (χ3v) is 8.44. The zero-order chi connectivity index (χ0) is 23.3. The summed E-state index contributed by atoms with van der Waals surface area (Å²) in [6, 6.07) is 13.0. The number of hydrogen-bond donors (Lipinski definition) is 2. The molecule has 10 heteroatoms. The molecule has 1 fully saturated rings. The molecular formula is C23H18N2O6S2. The SMILES string of the molecule is COc1ccc([C@@H]2c3sc(=O)[nH]c3SC[C@]23CC(=O)N(c2ccc(C(=O)O)cc2)C3=O)cc1. The van der Waals surface area contributed by atoms with Gasteiger partial charge in [0.25, 0.3) is 0 Å². The molecule has 2 amide bonds. The lowest BCUT2D eigenvalue weighted by atomic mass is 9.71. The van der Waals surface area contributed by atoms with Crippen LogP contribution in [0.1, 0.15) is 33.1 Å². The van der Waals surface area contributed by atoms with Crippen LogP contribution in [0, 0.1) is 5.41 Å². The number of methoxy groups -OCH3 is 1. The highest BCUT2D eigenvalue weighted by molar-refractivity contribution is 7.99. The maximum Gasteiger partial charge on any atom is 0.335 e. The van der Waals surface area contributed by atoms with Gasteiger partial charge in [0.2, 0.25) is 11.8 Å². The predicted molar refractivity (Wildman–Crippen MR) is 123 cm³/mol. The average molecular weight is 483 g/mol. The van der Waals surface area contributed by atoms with Crippen LogP contribution in [0.3, 0.4) is 0 Å². The lowest BCUT2D eigenvalue weighted by molar-refractivity contribution is -0.125. The smallest absolute Gasteiger partial charge is 0.335 e. The number of amides is 2. The summed E-state index contributed by atoms with van der Waals surface area (Å²) in [6.45, 7) is 0. The number of carbonyl (C=O) groups is 3. The second kappa shape index (κ2) is 7.89. The Morgan fingerprint density at radius 2 is 1.82 bits per heavy atom. The lowest BCUT2D eigenvalue weighted by Crippen LogP contribution is -2.43. The molecule has 2 aromatic carbocycles. The van der Waals surface area contributed by atoms with Crippen molar-refractivity contribution in [2.24, 2.45) is 5.41 Å².